The second-order valence-electron chi connectivity index (χ2n) is 4.71. The van der Waals surface area contributed by atoms with Crippen LogP contribution in [0.2, 0.25) is 5.02 Å². The third-order valence-electron chi connectivity index (χ3n) is 3.22. The lowest BCUT2D eigenvalue weighted by atomic mass is 9.98. The highest BCUT2D eigenvalue weighted by Crippen LogP contribution is 2.30. The van der Waals surface area contributed by atoms with E-state index in [0.717, 1.165) is 30.8 Å². The van der Waals surface area contributed by atoms with E-state index in [2.05, 4.69) is 10.3 Å². The molecule has 1 aromatic carbocycles. The summed E-state index contributed by atoms with van der Waals surface area (Å²) in [6.45, 7) is 0. The second kappa shape index (κ2) is 7.14. The van der Waals surface area contributed by atoms with Crippen molar-refractivity contribution in [2.75, 3.05) is 5.32 Å². The fraction of sp³-hybridized carbons (Fsp3) is 0.0667. The summed E-state index contributed by atoms with van der Waals surface area (Å²) in [7, 11) is 0. The fourth-order valence-corrected chi connectivity index (χ4v) is 2.21. The smallest absolute Gasteiger partial charge is 0.259 e. The molecule has 0 saturated heterocycles. The first kappa shape index (κ1) is 17.5. The Labute approximate surface area is 140 Å². The van der Waals surface area contributed by atoms with Gasteiger partial charge in [-0.1, -0.05) is 17.7 Å². The van der Waals surface area contributed by atoms with Crippen LogP contribution in [0.25, 0.3) is 0 Å². The molecule has 1 heterocycles. The summed E-state index contributed by atoms with van der Waals surface area (Å²) in [6.07, 6.45) is 2.71. The number of para-hydroxylation sites is 1. The summed E-state index contributed by atoms with van der Waals surface area (Å²) >= 11 is 6.00. The summed E-state index contributed by atoms with van der Waals surface area (Å²) in [6, 6.07) is 3.23. The lowest BCUT2D eigenvalue weighted by Crippen LogP contribution is -2.27. The van der Waals surface area contributed by atoms with Crippen LogP contribution in [0.5, 0.6) is 0 Å². The first-order chi connectivity index (χ1) is 11.4. The van der Waals surface area contributed by atoms with Crippen molar-refractivity contribution in [1.82, 2.24) is 4.98 Å². The van der Waals surface area contributed by atoms with E-state index < -0.39 is 34.5 Å². The van der Waals surface area contributed by atoms with E-state index in [1.54, 1.807) is 0 Å². The lowest BCUT2D eigenvalue weighted by Gasteiger charge is -2.16. The maximum atomic E-state index is 13.8. The van der Waals surface area contributed by atoms with Crippen LogP contribution in [0.15, 0.2) is 29.2 Å². The average molecular weight is 352 g/mol. The predicted molar refractivity (Wildman–Crippen MR) is 89.6 cm³/mol. The molecule has 124 valence electrons. The van der Waals surface area contributed by atoms with Crippen LogP contribution in [-0.2, 0) is 0 Å². The molecule has 0 aliphatic rings. The molecule has 1 aromatic heterocycles. The highest BCUT2D eigenvalue weighted by Gasteiger charge is 2.22. The zero-order valence-corrected chi connectivity index (χ0v) is 12.8. The van der Waals surface area contributed by atoms with Crippen molar-refractivity contribution in [3.05, 3.63) is 57.0 Å². The molecule has 6 nitrogen and oxygen atoms in total. The molecule has 0 atom stereocenters. The molecule has 0 amide bonds. The first-order valence-electron chi connectivity index (χ1n) is 6.63. The Bertz CT molecular complexity index is 852. The van der Waals surface area contributed by atoms with Crippen LogP contribution in [0.3, 0.4) is 0 Å². The van der Waals surface area contributed by atoms with Crippen LogP contribution in [-0.4, -0.2) is 23.1 Å². The maximum absolute atomic E-state index is 13.8. The van der Waals surface area contributed by atoms with E-state index in [1.165, 1.54) is 6.07 Å². The van der Waals surface area contributed by atoms with Gasteiger partial charge in [-0.05, 0) is 12.1 Å². The van der Waals surface area contributed by atoms with Crippen molar-refractivity contribution in [2.45, 2.75) is 0 Å². The van der Waals surface area contributed by atoms with Crippen LogP contribution in [0, 0.1) is 33.8 Å². The highest BCUT2D eigenvalue weighted by molar-refractivity contribution is 6.34. The Morgan fingerprint density at radius 1 is 1.21 bits per heavy atom. The summed E-state index contributed by atoms with van der Waals surface area (Å²) in [4.78, 5) is 14.4. The van der Waals surface area contributed by atoms with Gasteiger partial charge in [-0.2, -0.15) is 0 Å². The third kappa shape index (κ3) is 3.23. The van der Waals surface area contributed by atoms with E-state index in [9.17, 15) is 13.6 Å². The van der Waals surface area contributed by atoms with Gasteiger partial charge in [0.15, 0.2) is 0 Å². The molecule has 0 saturated carbocycles. The van der Waals surface area contributed by atoms with Gasteiger partial charge in [0.25, 0.3) is 5.56 Å². The number of aromatic nitrogens is 1. The normalized spacial score (nSPS) is 11.6. The lowest BCUT2D eigenvalue weighted by molar-refractivity contribution is 0.591. The van der Waals surface area contributed by atoms with Crippen molar-refractivity contribution in [3.63, 3.8) is 0 Å². The van der Waals surface area contributed by atoms with Crippen LogP contribution in [0.4, 0.5) is 20.2 Å². The summed E-state index contributed by atoms with van der Waals surface area (Å²) < 4.78 is 27.7. The number of pyridine rings is 1. The minimum atomic E-state index is -1.07. The van der Waals surface area contributed by atoms with Gasteiger partial charge in [0.05, 0.1) is 27.9 Å². The SMILES string of the molecule is N=CC(C=N)C(=N)c1c(Nc2c(F)cccc2F)c(Cl)c[nH]c1=O. The van der Waals surface area contributed by atoms with E-state index in [1.807, 2.05) is 0 Å². The number of nitrogens with one attached hydrogen (secondary N) is 5. The van der Waals surface area contributed by atoms with E-state index in [4.69, 9.17) is 27.8 Å². The molecule has 0 spiro atoms. The molecule has 0 aliphatic carbocycles. The molecular formula is C15H12ClF2N5O. The number of H-pyrrole nitrogens is 1. The third-order valence-corrected chi connectivity index (χ3v) is 3.52. The van der Waals surface area contributed by atoms with Crippen molar-refractivity contribution < 1.29 is 8.78 Å². The van der Waals surface area contributed by atoms with E-state index >= 15 is 0 Å². The number of hydrogen-bond donors (Lipinski definition) is 5. The summed E-state index contributed by atoms with van der Waals surface area (Å²) in [5.74, 6) is -2.88. The Kier molecular flexibility index (Phi) is 5.20. The summed E-state index contributed by atoms with van der Waals surface area (Å²) in [5.41, 5.74) is -2.15. The molecule has 9 heteroatoms. The Balaban J connectivity index is 2.64. The van der Waals surface area contributed by atoms with Crippen LogP contribution in [0.1, 0.15) is 5.56 Å². The minimum Gasteiger partial charge on any atom is -0.349 e. The fourth-order valence-electron chi connectivity index (χ4n) is 2.01. The molecule has 0 bridgehead atoms. The topological polar surface area (TPSA) is 116 Å². The number of benzene rings is 1. The van der Waals surface area contributed by atoms with Gasteiger partial charge in [-0.15, -0.1) is 0 Å². The van der Waals surface area contributed by atoms with Crippen molar-refractivity contribution in [2.24, 2.45) is 5.92 Å². The maximum Gasteiger partial charge on any atom is 0.259 e. The Hall–Kier alpha value is -2.87. The molecule has 0 radical (unpaired) electrons. The second-order valence-corrected chi connectivity index (χ2v) is 5.12. The Morgan fingerprint density at radius 2 is 1.79 bits per heavy atom. The monoisotopic (exact) mass is 351 g/mol. The van der Waals surface area contributed by atoms with Gasteiger partial charge in [0.1, 0.15) is 17.3 Å². The van der Waals surface area contributed by atoms with Crippen LogP contribution >= 0.6 is 11.6 Å². The van der Waals surface area contributed by atoms with Gasteiger partial charge in [-0.25, -0.2) is 8.78 Å². The van der Waals surface area contributed by atoms with E-state index in [-0.39, 0.29) is 16.3 Å². The number of aromatic amines is 1. The molecule has 0 fully saturated rings. The van der Waals surface area contributed by atoms with Gasteiger partial charge < -0.3 is 26.5 Å². The average Bonchev–Trinajstić information content (AvgIpc) is 2.55. The van der Waals surface area contributed by atoms with Gasteiger partial charge >= 0.3 is 0 Å². The molecular weight excluding hydrogens is 340 g/mol. The number of halogens is 3. The molecule has 0 unspecified atom stereocenters. The molecule has 24 heavy (non-hydrogen) atoms. The molecule has 2 aromatic rings. The summed E-state index contributed by atoms with van der Waals surface area (Å²) in [5, 5.41) is 24.8. The van der Waals surface area contributed by atoms with Gasteiger partial charge in [0, 0.05) is 18.6 Å². The quantitative estimate of drug-likeness (QED) is 0.513. The first-order valence-corrected chi connectivity index (χ1v) is 7.00. The molecule has 2 rings (SSSR count). The zero-order valence-electron chi connectivity index (χ0n) is 12.1. The van der Waals surface area contributed by atoms with Crippen molar-refractivity contribution >= 4 is 41.1 Å². The number of anilines is 2. The largest absolute Gasteiger partial charge is 0.349 e. The molecule has 5 N–H and O–H groups in total. The number of rotatable bonds is 6. The standard InChI is InChI=1S/C15H12ClF2N5O/c16-8-6-22-15(24)11(12(21)7(4-19)5-20)13(8)23-14-9(17)2-1-3-10(14)18/h1-7,19-21H,(H2,22,23,24). The Morgan fingerprint density at radius 3 is 2.33 bits per heavy atom. The van der Waals surface area contributed by atoms with Crippen molar-refractivity contribution in [3.8, 4) is 0 Å². The highest BCUT2D eigenvalue weighted by atomic mass is 35.5. The van der Waals surface area contributed by atoms with Crippen molar-refractivity contribution in [1.29, 1.82) is 16.2 Å². The predicted octanol–water partition coefficient (Wildman–Crippen LogP) is 3.33. The molecule has 0 aliphatic heterocycles. The van der Waals surface area contributed by atoms with Crippen LogP contribution < -0.4 is 10.9 Å². The van der Waals surface area contributed by atoms with Gasteiger partial charge in [-0.3, -0.25) is 4.79 Å². The number of hydrogen-bond acceptors (Lipinski definition) is 5. The van der Waals surface area contributed by atoms with Gasteiger partial charge in [0.2, 0.25) is 0 Å². The zero-order chi connectivity index (χ0) is 17.9. The van der Waals surface area contributed by atoms with E-state index in [0.29, 0.717) is 0 Å². The minimum absolute atomic E-state index is 0.0780.